The second-order valence-electron chi connectivity index (χ2n) is 2.74. The Morgan fingerprint density at radius 1 is 1.54 bits per heavy atom. The maximum atomic E-state index is 4.19. The fourth-order valence-corrected chi connectivity index (χ4v) is 1.06. The zero-order chi connectivity index (χ0) is 9.26. The lowest BCUT2D eigenvalue weighted by Crippen LogP contribution is -2.11. The second kappa shape index (κ2) is 2.89. The van der Waals surface area contributed by atoms with E-state index in [2.05, 4.69) is 27.0 Å². The van der Waals surface area contributed by atoms with Crippen LogP contribution in [0.4, 0.5) is 5.82 Å². The molecular weight excluding hydrogens is 168 g/mol. The summed E-state index contributed by atoms with van der Waals surface area (Å²) in [6.07, 6.45) is 6.09. The van der Waals surface area contributed by atoms with E-state index in [4.69, 9.17) is 0 Å². The first-order chi connectivity index (χ1) is 6.25. The minimum Gasteiger partial charge on any atom is -0.273 e. The van der Waals surface area contributed by atoms with E-state index in [1.807, 2.05) is 20.2 Å². The van der Waals surface area contributed by atoms with Gasteiger partial charge < -0.3 is 0 Å². The van der Waals surface area contributed by atoms with E-state index in [9.17, 15) is 0 Å². The first kappa shape index (κ1) is 7.78. The van der Waals surface area contributed by atoms with Crippen LogP contribution in [0.25, 0.3) is 0 Å². The molecule has 0 fully saturated rings. The molecule has 0 spiro atoms. The Hall–Kier alpha value is -1.85. The van der Waals surface area contributed by atoms with Gasteiger partial charge in [-0.3, -0.25) is 10.1 Å². The van der Waals surface area contributed by atoms with Crippen molar-refractivity contribution in [2.24, 2.45) is 7.05 Å². The largest absolute Gasteiger partial charge is 0.273 e. The monoisotopic (exact) mass is 177 g/mol. The highest BCUT2D eigenvalue weighted by atomic mass is 15.6. The minimum atomic E-state index is 0.765. The first-order valence-corrected chi connectivity index (χ1v) is 3.81. The van der Waals surface area contributed by atoms with Crippen molar-refractivity contribution in [1.82, 2.24) is 24.9 Å². The fraction of sp³-hybridized carbons (Fsp3) is 0.286. The maximum Gasteiger partial charge on any atom is 0.171 e. The quantitative estimate of drug-likeness (QED) is 0.701. The average Bonchev–Trinajstić information content (AvgIpc) is 2.63. The van der Waals surface area contributed by atoms with Crippen LogP contribution in [0, 0.1) is 13.1 Å². The molecule has 2 rings (SSSR count). The third-order valence-electron chi connectivity index (χ3n) is 1.61. The summed E-state index contributed by atoms with van der Waals surface area (Å²) in [5.74, 6) is 0.765. The predicted octanol–water partition coefficient (Wildman–Crippen LogP) is -0.00459. The molecule has 13 heavy (non-hydrogen) atoms. The summed E-state index contributed by atoms with van der Waals surface area (Å²) in [7, 11) is 1.87. The number of rotatable bonds is 2. The third-order valence-corrected chi connectivity index (χ3v) is 1.61. The van der Waals surface area contributed by atoms with Crippen molar-refractivity contribution in [3.63, 3.8) is 0 Å². The molecule has 1 radical (unpaired) electrons. The summed E-state index contributed by atoms with van der Waals surface area (Å²) in [6, 6.07) is 0. The van der Waals surface area contributed by atoms with Crippen LogP contribution in [0.3, 0.4) is 0 Å². The molecule has 2 heterocycles. The van der Waals surface area contributed by atoms with Crippen molar-refractivity contribution in [3.05, 3.63) is 24.2 Å². The molecule has 1 N–H and O–H groups in total. The summed E-state index contributed by atoms with van der Waals surface area (Å²) in [5.41, 5.74) is 4.01. The zero-order valence-electron chi connectivity index (χ0n) is 7.39. The molecule has 0 bridgehead atoms. The van der Waals surface area contributed by atoms with Gasteiger partial charge in [-0.1, -0.05) is 0 Å². The molecule has 0 aliphatic heterocycles. The van der Waals surface area contributed by atoms with Crippen LogP contribution in [0.15, 0.2) is 12.4 Å². The summed E-state index contributed by atoms with van der Waals surface area (Å²) >= 11 is 0. The van der Waals surface area contributed by atoms with Crippen LogP contribution in [0.1, 0.15) is 5.56 Å². The van der Waals surface area contributed by atoms with Crippen LogP contribution >= 0.6 is 0 Å². The number of nitrogens with zero attached hydrogens (tertiary/aromatic N) is 5. The molecule has 0 aliphatic carbocycles. The highest BCUT2D eigenvalue weighted by Crippen LogP contribution is 2.09. The summed E-state index contributed by atoms with van der Waals surface area (Å²) in [5, 5.41) is 11.4. The van der Waals surface area contributed by atoms with Crippen molar-refractivity contribution in [2.75, 3.05) is 5.43 Å². The molecule has 2 aromatic rings. The number of hydrogen-bond acceptors (Lipinski definition) is 4. The Balaban J connectivity index is 2.23. The smallest absolute Gasteiger partial charge is 0.171 e. The van der Waals surface area contributed by atoms with Crippen molar-refractivity contribution in [3.8, 4) is 0 Å². The number of hydrogen-bond donors (Lipinski definition) is 1. The SMILES string of the molecule is Cc1cn(C)nc1Nn1c[c]nn1. The van der Waals surface area contributed by atoms with Gasteiger partial charge in [0.15, 0.2) is 5.82 Å². The normalized spacial score (nSPS) is 10.3. The fourth-order valence-electron chi connectivity index (χ4n) is 1.06. The van der Waals surface area contributed by atoms with Gasteiger partial charge in [0, 0.05) is 18.8 Å². The third kappa shape index (κ3) is 1.51. The lowest BCUT2D eigenvalue weighted by atomic mass is 10.4. The van der Waals surface area contributed by atoms with E-state index in [-0.39, 0.29) is 0 Å². The average molecular weight is 177 g/mol. The zero-order valence-corrected chi connectivity index (χ0v) is 7.39. The van der Waals surface area contributed by atoms with Crippen LogP contribution in [-0.4, -0.2) is 24.9 Å². The number of anilines is 1. The lowest BCUT2D eigenvalue weighted by molar-refractivity contribution is 0.720. The molecule has 0 unspecified atom stereocenters. The summed E-state index contributed by atoms with van der Waals surface area (Å²) < 4.78 is 1.73. The van der Waals surface area contributed by atoms with Crippen molar-refractivity contribution < 1.29 is 0 Å². The Bertz CT molecular complexity index is 387. The van der Waals surface area contributed by atoms with Gasteiger partial charge in [-0.25, -0.2) is 0 Å². The number of aromatic nitrogens is 5. The van der Waals surface area contributed by atoms with E-state index in [1.54, 1.807) is 10.9 Å². The van der Waals surface area contributed by atoms with Gasteiger partial charge in [0.25, 0.3) is 0 Å². The number of aryl methyl sites for hydroxylation is 2. The van der Waals surface area contributed by atoms with Gasteiger partial charge in [0.05, 0.1) is 6.20 Å². The molecule has 0 saturated carbocycles. The molecular formula is C7H9N6. The molecule has 6 heteroatoms. The molecule has 0 atom stereocenters. The molecule has 0 saturated heterocycles. The van der Waals surface area contributed by atoms with Crippen molar-refractivity contribution in [2.45, 2.75) is 6.92 Å². The van der Waals surface area contributed by atoms with Gasteiger partial charge in [0.2, 0.25) is 0 Å². The van der Waals surface area contributed by atoms with E-state index in [1.165, 1.54) is 4.79 Å². The van der Waals surface area contributed by atoms with Gasteiger partial charge in [-0.2, -0.15) is 9.89 Å². The molecule has 0 amide bonds. The van der Waals surface area contributed by atoms with Crippen LogP contribution in [0.2, 0.25) is 0 Å². The minimum absolute atomic E-state index is 0.765. The van der Waals surface area contributed by atoms with Crippen molar-refractivity contribution in [1.29, 1.82) is 0 Å². The summed E-state index contributed by atoms with van der Waals surface area (Å²) in [4.78, 5) is 1.45. The first-order valence-electron chi connectivity index (χ1n) is 3.81. The van der Waals surface area contributed by atoms with E-state index in [0.717, 1.165) is 11.4 Å². The molecule has 67 valence electrons. The summed E-state index contributed by atoms with van der Waals surface area (Å²) in [6.45, 7) is 1.97. The molecule has 0 aliphatic rings. The van der Waals surface area contributed by atoms with Gasteiger partial charge in [-0.15, -0.1) is 5.10 Å². The predicted molar refractivity (Wildman–Crippen MR) is 45.8 cm³/mol. The van der Waals surface area contributed by atoms with Crippen LogP contribution < -0.4 is 5.43 Å². The maximum absolute atomic E-state index is 4.19. The van der Waals surface area contributed by atoms with Gasteiger partial charge >= 0.3 is 0 Å². The van der Waals surface area contributed by atoms with E-state index in [0.29, 0.717) is 0 Å². The second-order valence-corrected chi connectivity index (χ2v) is 2.74. The van der Waals surface area contributed by atoms with Gasteiger partial charge in [0.1, 0.15) is 6.20 Å². The lowest BCUT2D eigenvalue weighted by Gasteiger charge is -2.00. The van der Waals surface area contributed by atoms with Crippen LogP contribution in [-0.2, 0) is 7.05 Å². The van der Waals surface area contributed by atoms with Crippen molar-refractivity contribution >= 4 is 5.82 Å². The molecule has 0 aromatic carbocycles. The Kier molecular flexibility index (Phi) is 1.73. The standard InChI is InChI=1S/C7H9N6/c1-6-5-12(2)9-7(6)10-13-4-3-8-11-13/h4-5H,1-2H3,(H,9,10). The highest BCUT2D eigenvalue weighted by molar-refractivity contribution is 5.40. The van der Waals surface area contributed by atoms with Gasteiger partial charge in [-0.05, 0) is 12.1 Å². The van der Waals surface area contributed by atoms with Crippen LogP contribution in [0.5, 0.6) is 0 Å². The molecule has 6 nitrogen and oxygen atoms in total. The topological polar surface area (TPSA) is 60.6 Å². The highest BCUT2D eigenvalue weighted by Gasteiger charge is 2.02. The Labute approximate surface area is 75.1 Å². The van der Waals surface area contributed by atoms with E-state index < -0.39 is 0 Å². The Morgan fingerprint density at radius 2 is 2.38 bits per heavy atom. The number of nitrogens with one attached hydrogen (secondary N) is 1. The Morgan fingerprint density at radius 3 is 2.92 bits per heavy atom. The molecule has 2 aromatic heterocycles. The van der Waals surface area contributed by atoms with E-state index >= 15 is 0 Å².